The van der Waals surface area contributed by atoms with E-state index in [2.05, 4.69) is 5.32 Å². The molecule has 20 heavy (non-hydrogen) atoms. The molecule has 0 aromatic heterocycles. The lowest BCUT2D eigenvalue weighted by Gasteiger charge is -2.42. The van der Waals surface area contributed by atoms with Crippen LogP contribution in [0.25, 0.3) is 0 Å². The van der Waals surface area contributed by atoms with Gasteiger partial charge in [-0.15, -0.1) is 0 Å². The molecule has 0 radical (unpaired) electrons. The fraction of sp³-hybridized carbons (Fsp3) is 0.235. The van der Waals surface area contributed by atoms with Crippen LogP contribution in [0.3, 0.4) is 0 Å². The highest BCUT2D eigenvalue weighted by molar-refractivity contribution is 5.94. The SMILES string of the molecule is Cc1ccc(C(=O)NC2(c3ccccc3)COC2)cc1. The molecule has 2 aromatic rings. The number of rotatable bonds is 3. The Morgan fingerprint density at radius 2 is 1.70 bits per heavy atom. The van der Waals surface area contributed by atoms with Crippen molar-refractivity contribution in [1.82, 2.24) is 5.32 Å². The first-order valence-electron chi connectivity index (χ1n) is 6.72. The van der Waals surface area contributed by atoms with Crippen molar-refractivity contribution in [2.24, 2.45) is 0 Å². The monoisotopic (exact) mass is 267 g/mol. The van der Waals surface area contributed by atoms with E-state index in [0.717, 1.165) is 11.1 Å². The lowest BCUT2D eigenvalue weighted by molar-refractivity contribution is -0.0733. The smallest absolute Gasteiger partial charge is 0.252 e. The predicted molar refractivity (Wildman–Crippen MR) is 77.6 cm³/mol. The molecule has 102 valence electrons. The van der Waals surface area contributed by atoms with Crippen LogP contribution < -0.4 is 5.32 Å². The van der Waals surface area contributed by atoms with Crippen molar-refractivity contribution in [3.63, 3.8) is 0 Å². The number of hydrogen-bond acceptors (Lipinski definition) is 2. The van der Waals surface area contributed by atoms with Gasteiger partial charge in [0.1, 0.15) is 5.54 Å². The Morgan fingerprint density at radius 3 is 2.25 bits per heavy atom. The van der Waals surface area contributed by atoms with E-state index in [1.54, 1.807) is 0 Å². The van der Waals surface area contributed by atoms with Crippen LogP contribution >= 0.6 is 0 Å². The summed E-state index contributed by atoms with van der Waals surface area (Å²) in [6, 6.07) is 17.6. The summed E-state index contributed by atoms with van der Waals surface area (Å²) in [6.07, 6.45) is 0. The molecule has 0 aliphatic carbocycles. The van der Waals surface area contributed by atoms with Crippen LogP contribution in [-0.4, -0.2) is 19.1 Å². The summed E-state index contributed by atoms with van der Waals surface area (Å²) < 4.78 is 5.33. The van der Waals surface area contributed by atoms with Crippen molar-refractivity contribution in [2.75, 3.05) is 13.2 Å². The number of carbonyl (C=O) groups is 1. The van der Waals surface area contributed by atoms with E-state index in [1.807, 2.05) is 61.5 Å². The summed E-state index contributed by atoms with van der Waals surface area (Å²) in [4.78, 5) is 12.4. The number of benzene rings is 2. The van der Waals surface area contributed by atoms with Crippen LogP contribution in [0, 0.1) is 6.92 Å². The first-order chi connectivity index (χ1) is 9.70. The van der Waals surface area contributed by atoms with Crippen LogP contribution in [0.15, 0.2) is 54.6 Å². The number of carbonyl (C=O) groups excluding carboxylic acids is 1. The Hall–Kier alpha value is -2.13. The zero-order chi connectivity index (χ0) is 14.0. The summed E-state index contributed by atoms with van der Waals surface area (Å²) in [5, 5.41) is 3.12. The second kappa shape index (κ2) is 5.10. The van der Waals surface area contributed by atoms with Gasteiger partial charge in [0.2, 0.25) is 0 Å². The average molecular weight is 267 g/mol. The standard InChI is InChI=1S/C17H17NO2/c1-13-7-9-14(10-8-13)16(19)18-17(11-20-12-17)15-5-3-2-4-6-15/h2-10H,11-12H2,1H3,(H,18,19). The van der Waals surface area contributed by atoms with Crippen molar-refractivity contribution < 1.29 is 9.53 Å². The molecule has 1 heterocycles. The molecule has 0 unspecified atom stereocenters. The fourth-order valence-corrected chi connectivity index (χ4v) is 2.37. The topological polar surface area (TPSA) is 38.3 Å². The molecule has 1 N–H and O–H groups in total. The Kier molecular flexibility index (Phi) is 3.28. The van der Waals surface area contributed by atoms with Gasteiger partial charge in [0, 0.05) is 5.56 Å². The third kappa shape index (κ3) is 2.32. The van der Waals surface area contributed by atoms with Crippen molar-refractivity contribution >= 4 is 5.91 Å². The molecule has 1 aliphatic heterocycles. The van der Waals surface area contributed by atoms with Crippen LogP contribution in [0.1, 0.15) is 21.5 Å². The average Bonchev–Trinajstić information content (AvgIpc) is 2.44. The van der Waals surface area contributed by atoms with Crippen LogP contribution in [0.5, 0.6) is 0 Å². The largest absolute Gasteiger partial charge is 0.376 e. The molecule has 0 bridgehead atoms. The van der Waals surface area contributed by atoms with E-state index in [9.17, 15) is 4.79 Å². The molecule has 0 spiro atoms. The molecule has 0 saturated carbocycles. The maximum Gasteiger partial charge on any atom is 0.252 e. The highest BCUT2D eigenvalue weighted by atomic mass is 16.5. The Balaban J connectivity index is 1.82. The minimum Gasteiger partial charge on any atom is -0.376 e. The maximum absolute atomic E-state index is 12.4. The minimum absolute atomic E-state index is 0.0582. The third-order valence-corrected chi connectivity index (χ3v) is 3.69. The van der Waals surface area contributed by atoms with Crippen molar-refractivity contribution in [3.8, 4) is 0 Å². The van der Waals surface area contributed by atoms with Gasteiger partial charge in [-0.3, -0.25) is 4.79 Å². The van der Waals surface area contributed by atoms with Gasteiger partial charge < -0.3 is 10.1 Å². The van der Waals surface area contributed by atoms with Crippen molar-refractivity contribution in [3.05, 3.63) is 71.3 Å². The van der Waals surface area contributed by atoms with E-state index in [-0.39, 0.29) is 11.4 Å². The fourth-order valence-electron chi connectivity index (χ4n) is 2.37. The van der Waals surface area contributed by atoms with Gasteiger partial charge in [-0.1, -0.05) is 48.0 Å². The second-order valence-electron chi connectivity index (χ2n) is 5.26. The van der Waals surface area contributed by atoms with E-state index in [0.29, 0.717) is 18.8 Å². The molecular weight excluding hydrogens is 250 g/mol. The van der Waals surface area contributed by atoms with Crippen molar-refractivity contribution in [2.45, 2.75) is 12.5 Å². The van der Waals surface area contributed by atoms with Gasteiger partial charge in [0.25, 0.3) is 5.91 Å². The van der Waals surface area contributed by atoms with E-state index in [4.69, 9.17) is 4.74 Å². The Labute approximate surface area is 118 Å². The third-order valence-electron chi connectivity index (χ3n) is 3.69. The molecule has 1 aliphatic rings. The summed E-state index contributed by atoms with van der Waals surface area (Å²) >= 11 is 0. The molecule has 1 amide bonds. The van der Waals surface area contributed by atoms with Gasteiger partial charge in [0.15, 0.2) is 0 Å². The quantitative estimate of drug-likeness (QED) is 0.928. The maximum atomic E-state index is 12.4. The highest BCUT2D eigenvalue weighted by Gasteiger charge is 2.41. The molecular formula is C17H17NO2. The first kappa shape index (κ1) is 12.9. The van der Waals surface area contributed by atoms with Gasteiger partial charge in [-0.2, -0.15) is 0 Å². The Bertz CT molecular complexity index is 601. The first-order valence-corrected chi connectivity index (χ1v) is 6.72. The van der Waals surface area contributed by atoms with E-state index >= 15 is 0 Å². The zero-order valence-corrected chi connectivity index (χ0v) is 11.4. The van der Waals surface area contributed by atoms with Gasteiger partial charge in [-0.25, -0.2) is 0 Å². The minimum atomic E-state index is -0.386. The summed E-state index contributed by atoms with van der Waals surface area (Å²) in [6.45, 7) is 3.05. The molecule has 3 heteroatoms. The molecule has 0 atom stereocenters. The van der Waals surface area contributed by atoms with Gasteiger partial charge >= 0.3 is 0 Å². The molecule has 2 aromatic carbocycles. The summed E-state index contributed by atoms with van der Waals surface area (Å²) in [5.41, 5.74) is 2.53. The summed E-state index contributed by atoms with van der Waals surface area (Å²) in [7, 11) is 0. The number of hydrogen-bond donors (Lipinski definition) is 1. The number of amides is 1. The lowest BCUT2D eigenvalue weighted by Crippen LogP contribution is -2.59. The molecule has 3 rings (SSSR count). The predicted octanol–water partition coefficient (Wildman–Crippen LogP) is 2.65. The summed E-state index contributed by atoms with van der Waals surface area (Å²) in [5.74, 6) is -0.0582. The van der Waals surface area contributed by atoms with Crippen LogP contribution in [-0.2, 0) is 10.3 Å². The van der Waals surface area contributed by atoms with Crippen LogP contribution in [0.2, 0.25) is 0 Å². The molecule has 3 nitrogen and oxygen atoms in total. The second-order valence-corrected chi connectivity index (χ2v) is 5.26. The van der Waals surface area contributed by atoms with Gasteiger partial charge in [0.05, 0.1) is 13.2 Å². The number of aryl methyl sites for hydroxylation is 1. The lowest BCUT2D eigenvalue weighted by atomic mass is 9.87. The van der Waals surface area contributed by atoms with E-state index < -0.39 is 0 Å². The van der Waals surface area contributed by atoms with Crippen LogP contribution in [0.4, 0.5) is 0 Å². The van der Waals surface area contributed by atoms with Gasteiger partial charge in [-0.05, 0) is 24.6 Å². The Morgan fingerprint density at radius 1 is 1.05 bits per heavy atom. The number of ether oxygens (including phenoxy) is 1. The highest BCUT2D eigenvalue weighted by Crippen LogP contribution is 2.29. The van der Waals surface area contributed by atoms with Crippen molar-refractivity contribution in [1.29, 1.82) is 0 Å². The normalized spacial score (nSPS) is 16.2. The molecule has 1 fully saturated rings. The zero-order valence-electron chi connectivity index (χ0n) is 11.4. The number of nitrogens with one attached hydrogen (secondary N) is 1. The van der Waals surface area contributed by atoms with E-state index in [1.165, 1.54) is 0 Å². The molecule has 1 saturated heterocycles.